The van der Waals surface area contributed by atoms with E-state index in [0.29, 0.717) is 19.3 Å². The minimum atomic E-state index is 0. The van der Waals surface area contributed by atoms with Crippen molar-refractivity contribution in [2.75, 3.05) is 33.0 Å². The van der Waals surface area contributed by atoms with Crippen LogP contribution in [0.15, 0.2) is 0 Å². The van der Waals surface area contributed by atoms with Crippen molar-refractivity contribution in [2.24, 2.45) is 0 Å². The van der Waals surface area contributed by atoms with Crippen LogP contribution in [0.5, 0.6) is 0 Å². The van der Waals surface area contributed by atoms with E-state index in [1.165, 1.54) is 0 Å². The third-order valence-electron chi connectivity index (χ3n) is 1.69. The maximum atomic E-state index is 7.88. The van der Waals surface area contributed by atoms with Gasteiger partial charge in [0.2, 0.25) is 0 Å². The molecule has 0 amide bonds. The zero-order chi connectivity index (χ0) is 13.4. The van der Waals surface area contributed by atoms with Crippen molar-refractivity contribution in [1.29, 1.82) is 0 Å². The van der Waals surface area contributed by atoms with Crippen LogP contribution in [0, 0.1) is 6.92 Å². The van der Waals surface area contributed by atoms with Crippen molar-refractivity contribution in [1.82, 2.24) is 0 Å². The van der Waals surface area contributed by atoms with E-state index in [1.54, 1.807) is 0 Å². The number of unbranched alkanes of at least 4 members (excludes halogenated alkanes) is 1. The van der Waals surface area contributed by atoms with Crippen LogP contribution in [0.2, 0.25) is 0 Å². The molecule has 1 atom stereocenters. The van der Waals surface area contributed by atoms with Gasteiger partial charge < -0.3 is 26.6 Å². The van der Waals surface area contributed by atoms with Gasteiger partial charge in [-0.25, -0.2) is 0 Å². The molecule has 5 heteroatoms. The van der Waals surface area contributed by atoms with E-state index in [1.807, 2.05) is 13.8 Å². The average Bonchev–Trinajstić information content (AvgIpc) is 3.19. The monoisotopic (exact) mass is 297 g/mol. The standard InChI is InChI=1S/C7H13O2.2C3H8O.Ti/c1-2-3-4-8-5-7-6-9-7;2*1-2-3-4;/h7H,1-6H2;2*4H,2-3H2,1H3;/q-1;;;. The first-order valence-corrected chi connectivity index (χ1v) is 6.46. The molecule has 0 saturated carbocycles. The molecule has 0 aromatic carbocycles. The summed E-state index contributed by atoms with van der Waals surface area (Å²) in [6.07, 6.45) is 4.19. The van der Waals surface area contributed by atoms with E-state index in [0.717, 1.165) is 45.5 Å². The van der Waals surface area contributed by atoms with Crippen molar-refractivity contribution in [3.05, 3.63) is 6.92 Å². The van der Waals surface area contributed by atoms with Gasteiger partial charge in [0, 0.05) is 41.5 Å². The van der Waals surface area contributed by atoms with Gasteiger partial charge >= 0.3 is 0 Å². The fourth-order valence-corrected chi connectivity index (χ4v) is 0.583. The predicted molar refractivity (Wildman–Crippen MR) is 69.9 cm³/mol. The van der Waals surface area contributed by atoms with Crippen LogP contribution < -0.4 is 0 Å². The Kier molecular flexibility index (Phi) is 29.8. The van der Waals surface area contributed by atoms with Crippen molar-refractivity contribution >= 4 is 0 Å². The smallest absolute Gasteiger partial charge is 0.104 e. The average molecular weight is 297 g/mol. The molecule has 0 bridgehead atoms. The van der Waals surface area contributed by atoms with Gasteiger partial charge in [0.05, 0.1) is 13.2 Å². The molecule has 1 heterocycles. The van der Waals surface area contributed by atoms with Crippen LogP contribution in [0.1, 0.15) is 39.5 Å². The normalized spacial score (nSPS) is 15.5. The summed E-state index contributed by atoms with van der Waals surface area (Å²) < 4.78 is 10.2. The van der Waals surface area contributed by atoms with E-state index < -0.39 is 0 Å². The molecule has 0 aromatic heterocycles. The van der Waals surface area contributed by atoms with Gasteiger partial charge in [-0.1, -0.05) is 20.3 Å². The van der Waals surface area contributed by atoms with Gasteiger partial charge in [0.1, 0.15) is 6.10 Å². The van der Waals surface area contributed by atoms with Gasteiger partial charge in [-0.15, -0.1) is 0 Å². The summed E-state index contributed by atoms with van der Waals surface area (Å²) in [7, 11) is 0. The molecule has 1 saturated heterocycles. The zero-order valence-electron chi connectivity index (χ0n) is 11.9. The Morgan fingerprint density at radius 1 is 1.22 bits per heavy atom. The number of rotatable bonds is 7. The maximum Gasteiger partial charge on any atom is 0.104 e. The molecule has 0 aromatic rings. The zero-order valence-corrected chi connectivity index (χ0v) is 13.4. The van der Waals surface area contributed by atoms with Gasteiger partial charge in [-0.05, 0) is 12.8 Å². The third kappa shape index (κ3) is 30.0. The van der Waals surface area contributed by atoms with Gasteiger partial charge in [-0.3, -0.25) is 0 Å². The summed E-state index contributed by atoms with van der Waals surface area (Å²) in [5.74, 6) is 0. The van der Waals surface area contributed by atoms with Gasteiger partial charge in [0.15, 0.2) is 0 Å². The van der Waals surface area contributed by atoms with Crippen LogP contribution in [0.25, 0.3) is 0 Å². The fourth-order valence-electron chi connectivity index (χ4n) is 0.583. The van der Waals surface area contributed by atoms with E-state index in [9.17, 15) is 0 Å². The molecule has 0 aliphatic carbocycles. The van der Waals surface area contributed by atoms with E-state index in [-0.39, 0.29) is 21.7 Å². The minimum Gasteiger partial charge on any atom is -0.396 e. The first-order valence-electron chi connectivity index (χ1n) is 6.46. The molecule has 18 heavy (non-hydrogen) atoms. The van der Waals surface area contributed by atoms with E-state index in [2.05, 4.69) is 6.92 Å². The molecule has 1 fully saturated rings. The number of aliphatic hydroxyl groups is 2. The predicted octanol–water partition coefficient (Wildman–Crippen LogP) is 1.79. The number of epoxide rings is 1. The molecule has 4 nitrogen and oxygen atoms in total. The topological polar surface area (TPSA) is 62.2 Å². The Morgan fingerprint density at radius 3 is 1.94 bits per heavy atom. The second kappa shape index (κ2) is 22.7. The van der Waals surface area contributed by atoms with Crippen molar-refractivity contribution in [3.63, 3.8) is 0 Å². The molecular weight excluding hydrogens is 268 g/mol. The Hall–Kier alpha value is 0.554. The molecule has 1 aliphatic rings. The summed E-state index contributed by atoms with van der Waals surface area (Å²) in [6.45, 7) is 10.7. The fraction of sp³-hybridized carbons (Fsp3) is 0.923. The largest absolute Gasteiger partial charge is 0.396 e. The Bertz CT molecular complexity index is 114. The number of hydrogen-bond acceptors (Lipinski definition) is 4. The van der Waals surface area contributed by atoms with Crippen LogP contribution in [-0.2, 0) is 31.2 Å². The molecule has 0 spiro atoms. The van der Waals surface area contributed by atoms with Crippen molar-refractivity contribution in [3.8, 4) is 0 Å². The molecule has 1 aliphatic heterocycles. The summed E-state index contributed by atoms with van der Waals surface area (Å²) in [6, 6.07) is 0. The molecule has 110 valence electrons. The molecule has 0 radical (unpaired) electrons. The molecule has 1 unspecified atom stereocenters. The molecular formula is C13H29O4Ti-. The van der Waals surface area contributed by atoms with Crippen molar-refractivity contribution < 1.29 is 41.4 Å². The van der Waals surface area contributed by atoms with Crippen LogP contribution in [-0.4, -0.2) is 49.4 Å². The van der Waals surface area contributed by atoms with Gasteiger partial charge in [0.25, 0.3) is 0 Å². The van der Waals surface area contributed by atoms with Crippen LogP contribution in [0.3, 0.4) is 0 Å². The maximum absolute atomic E-state index is 7.88. The summed E-state index contributed by atoms with van der Waals surface area (Å²) in [4.78, 5) is 0. The molecule has 1 rings (SSSR count). The number of hydrogen-bond donors (Lipinski definition) is 2. The first kappa shape index (κ1) is 23.6. The Balaban J connectivity index is -0.000000214. The first-order chi connectivity index (χ1) is 8.26. The van der Waals surface area contributed by atoms with Crippen LogP contribution >= 0.6 is 0 Å². The summed E-state index contributed by atoms with van der Waals surface area (Å²) >= 11 is 0. The van der Waals surface area contributed by atoms with Crippen LogP contribution in [0.4, 0.5) is 0 Å². The molecule has 2 N–H and O–H groups in total. The van der Waals surface area contributed by atoms with E-state index in [4.69, 9.17) is 19.7 Å². The number of ether oxygens (including phenoxy) is 2. The Morgan fingerprint density at radius 2 is 1.67 bits per heavy atom. The second-order valence-corrected chi connectivity index (χ2v) is 3.68. The van der Waals surface area contributed by atoms with Crippen molar-refractivity contribution in [2.45, 2.75) is 45.6 Å². The number of aliphatic hydroxyl groups excluding tert-OH is 2. The minimum absolute atomic E-state index is 0. The van der Waals surface area contributed by atoms with E-state index >= 15 is 0 Å². The van der Waals surface area contributed by atoms with Gasteiger partial charge in [-0.2, -0.15) is 6.42 Å². The summed E-state index contributed by atoms with van der Waals surface area (Å²) in [5, 5.41) is 15.8. The third-order valence-corrected chi connectivity index (χ3v) is 1.69. The quantitative estimate of drug-likeness (QED) is 0.325. The Labute approximate surface area is 127 Å². The second-order valence-electron chi connectivity index (χ2n) is 3.68. The SMILES string of the molecule is CCCO.CCCO.[CH2-]CCCOCC1CO1.[Ti]. The summed E-state index contributed by atoms with van der Waals surface area (Å²) in [5.41, 5.74) is 0.